The summed E-state index contributed by atoms with van der Waals surface area (Å²) in [4.78, 5) is 30.3. The van der Waals surface area contributed by atoms with Gasteiger partial charge in [0.2, 0.25) is 5.91 Å². The second kappa shape index (κ2) is 9.98. The summed E-state index contributed by atoms with van der Waals surface area (Å²) in [6.45, 7) is 4.04. The van der Waals surface area contributed by atoms with Gasteiger partial charge in [-0.3, -0.25) is 9.69 Å². The quantitative estimate of drug-likeness (QED) is 0.509. The molecule has 0 aliphatic rings. The van der Waals surface area contributed by atoms with E-state index >= 15 is 0 Å². The van der Waals surface area contributed by atoms with Crippen molar-refractivity contribution in [1.82, 2.24) is 4.98 Å². The summed E-state index contributed by atoms with van der Waals surface area (Å²) in [7, 11) is 0. The number of nitrogens with zero attached hydrogens (tertiary/aromatic N) is 2. The van der Waals surface area contributed by atoms with Gasteiger partial charge in [-0.15, -0.1) is 11.3 Å². The van der Waals surface area contributed by atoms with Gasteiger partial charge < -0.3 is 4.74 Å². The van der Waals surface area contributed by atoms with Crippen LogP contribution in [0.15, 0.2) is 60.0 Å². The van der Waals surface area contributed by atoms with E-state index in [-0.39, 0.29) is 18.5 Å². The van der Waals surface area contributed by atoms with Gasteiger partial charge in [0.1, 0.15) is 6.61 Å². The van der Waals surface area contributed by atoms with E-state index in [0.717, 1.165) is 18.4 Å². The topological polar surface area (TPSA) is 59.5 Å². The monoisotopic (exact) mass is 408 g/mol. The number of thiazole rings is 1. The first-order chi connectivity index (χ1) is 14.1. The second-order valence-electron chi connectivity index (χ2n) is 6.60. The highest BCUT2D eigenvalue weighted by Gasteiger charge is 2.16. The molecule has 29 heavy (non-hydrogen) atoms. The molecule has 0 N–H and O–H groups in total. The molecule has 150 valence electrons. The molecular formula is C23H24N2O3S. The number of rotatable bonds is 8. The van der Waals surface area contributed by atoms with Crippen molar-refractivity contribution < 1.29 is 14.3 Å². The van der Waals surface area contributed by atoms with Crippen molar-refractivity contribution in [3.05, 3.63) is 82.4 Å². The third-order valence-electron chi connectivity index (χ3n) is 4.58. The lowest BCUT2D eigenvalue weighted by atomic mass is 10.00. The van der Waals surface area contributed by atoms with Gasteiger partial charge in [-0.2, -0.15) is 0 Å². The minimum Gasteiger partial charge on any atom is -0.456 e. The number of benzene rings is 2. The Hall–Kier alpha value is -2.99. The maximum Gasteiger partial charge on any atom is 0.338 e. The van der Waals surface area contributed by atoms with Gasteiger partial charge in [-0.05, 0) is 37.0 Å². The molecule has 0 spiro atoms. The SMILES string of the molecule is CCN(C(C)=O)c1nc(COC(=O)c2ccccc2CCc2ccccc2)cs1. The molecule has 0 bridgehead atoms. The van der Waals surface area contributed by atoms with E-state index in [9.17, 15) is 9.59 Å². The number of aryl methyl sites for hydroxylation is 2. The average molecular weight is 409 g/mol. The highest BCUT2D eigenvalue weighted by molar-refractivity contribution is 7.14. The lowest BCUT2D eigenvalue weighted by molar-refractivity contribution is -0.116. The molecule has 5 nitrogen and oxygen atoms in total. The van der Waals surface area contributed by atoms with Gasteiger partial charge in [-0.1, -0.05) is 48.5 Å². The molecule has 0 aliphatic carbocycles. The minimum atomic E-state index is -0.359. The fourth-order valence-electron chi connectivity index (χ4n) is 3.06. The molecule has 1 aromatic heterocycles. The number of carbonyl (C=O) groups excluding carboxylic acids is 2. The molecule has 2 aromatic carbocycles. The highest BCUT2D eigenvalue weighted by Crippen LogP contribution is 2.22. The Morgan fingerprint density at radius 1 is 1.03 bits per heavy atom. The van der Waals surface area contributed by atoms with Crippen molar-refractivity contribution in [2.45, 2.75) is 33.3 Å². The van der Waals surface area contributed by atoms with Crippen LogP contribution in [0.1, 0.15) is 41.0 Å². The Morgan fingerprint density at radius 3 is 2.48 bits per heavy atom. The minimum absolute atomic E-state index is 0.0576. The lowest BCUT2D eigenvalue weighted by Crippen LogP contribution is -2.27. The fourth-order valence-corrected chi connectivity index (χ4v) is 3.97. The number of hydrogen-bond donors (Lipinski definition) is 0. The van der Waals surface area contributed by atoms with Crippen LogP contribution >= 0.6 is 11.3 Å². The molecule has 6 heteroatoms. The number of hydrogen-bond acceptors (Lipinski definition) is 5. The number of amides is 1. The van der Waals surface area contributed by atoms with Crippen LogP contribution in [-0.4, -0.2) is 23.4 Å². The van der Waals surface area contributed by atoms with E-state index in [1.165, 1.54) is 23.8 Å². The predicted octanol–water partition coefficient (Wildman–Crippen LogP) is 4.66. The Morgan fingerprint density at radius 2 is 1.76 bits per heavy atom. The first kappa shape index (κ1) is 20.7. The summed E-state index contributed by atoms with van der Waals surface area (Å²) in [5, 5.41) is 2.43. The van der Waals surface area contributed by atoms with Gasteiger partial charge in [0.15, 0.2) is 5.13 Å². The summed E-state index contributed by atoms with van der Waals surface area (Å²) < 4.78 is 5.50. The van der Waals surface area contributed by atoms with Crippen molar-refractivity contribution in [1.29, 1.82) is 0 Å². The second-order valence-corrected chi connectivity index (χ2v) is 7.44. The van der Waals surface area contributed by atoms with Crippen LogP contribution in [0.4, 0.5) is 5.13 Å². The average Bonchev–Trinajstić information content (AvgIpc) is 3.20. The van der Waals surface area contributed by atoms with Crippen molar-refractivity contribution >= 4 is 28.3 Å². The molecule has 0 saturated heterocycles. The molecule has 0 atom stereocenters. The standard InChI is InChI=1S/C23H24N2O3S/c1-3-25(17(2)26)23-24-20(16-29-23)15-28-22(27)21-12-8-7-11-19(21)14-13-18-9-5-4-6-10-18/h4-12,16H,3,13-15H2,1-2H3. The Balaban J connectivity index is 1.63. The van der Waals surface area contributed by atoms with E-state index in [0.29, 0.717) is 22.9 Å². The largest absolute Gasteiger partial charge is 0.456 e. The Labute approximate surface area is 175 Å². The predicted molar refractivity (Wildman–Crippen MR) is 115 cm³/mol. The molecular weight excluding hydrogens is 384 g/mol. The van der Waals surface area contributed by atoms with Crippen LogP contribution in [0.25, 0.3) is 0 Å². The van der Waals surface area contributed by atoms with E-state index in [1.807, 2.05) is 48.7 Å². The summed E-state index contributed by atoms with van der Waals surface area (Å²) in [6, 6.07) is 17.7. The van der Waals surface area contributed by atoms with Crippen LogP contribution in [-0.2, 0) is 29.0 Å². The van der Waals surface area contributed by atoms with Gasteiger partial charge in [0, 0.05) is 18.8 Å². The molecule has 3 rings (SSSR count). The van der Waals surface area contributed by atoms with E-state index in [4.69, 9.17) is 4.74 Å². The van der Waals surface area contributed by atoms with Crippen LogP contribution < -0.4 is 4.90 Å². The normalized spacial score (nSPS) is 10.6. The molecule has 1 heterocycles. The molecule has 0 aliphatic heterocycles. The zero-order valence-corrected chi connectivity index (χ0v) is 17.4. The van der Waals surface area contributed by atoms with Crippen molar-refractivity contribution in [2.24, 2.45) is 0 Å². The fraction of sp³-hybridized carbons (Fsp3) is 0.261. The van der Waals surface area contributed by atoms with Crippen molar-refractivity contribution in [3.63, 3.8) is 0 Å². The van der Waals surface area contributed by atoms with E-state index < -0.39 is 0 Å². The maximum atomic E-state index is 12.6. The first-order valence-corrected chi connectivity index (χ1v) is 10.5. The van der Waals surface area contributed by atoms with Crippen molar-refractivity contribution in [3.8, 4) is 0 Å². The number of carbonyl (C=O) groups is 2. The summed E-state index contributed by atoms with van der Waals surface area (Å²) in [6.07, 6.45) is 1.62. The summed E-state index contributed by atoms with van der Waals surface area (Å²) >= 11 is 1.37. The third-order valence-corrected chi connectivity index (χ3v) is 5.49. The number of anilines is 1. The zero-order valence-electron chi connectivity index (χ0n) is 16.6. The smallest absolute Gasteiger partial charge is 0.338 e. The maximum absolute atomic E-state index is 12.6. The molecule has 0 fully saturated rings. The van der Waals surface area contributed by atoms with Crippen molar-refractivity contribution in [2.75, 3.05) is 11.4 Å². The number of esters is 1. The molecule has 3 aromatic rings. The summed E-state index contributed by atoms with van der Waals surface area (Å²) in [5.74, 6) is -0.417. The number of aromatic nitrogens is 1. The van der Waals surface area contributed by atoms with Crippen LogP contribution in [0, 0.1) is 0 Å². The number of ether oxygens (including phenoxy) is 1. The highest BCUT2D eigenvalue weighted by atomic mass is 32.1. The van der Waals surface area contributed by atoms with Gasteiger partial charge in [0.25, 0.3) is 0 Å². The zero-order chi connectivity index (χ0) is 20.6. The molecule has 0 radical (unpaired) electrons. The van der Waals surface area contributed by atoms with Crippen LogP contribution in [0.5, 0.6) is 0 Å². The van der Waals surface area contributed by atoms with Crippen LogP contribution in [0.2, 0.25) is 0 Å². The van der Waals surface area contributed by atoms with Gasteiger partial charge in [-0.25, -0.2) is 9.78 Å². The Bertz CT molecular complexity index is 969. The first-order valence-electron chi connectivity index (χ1n) is 9.60. The Kier molecular flexibility index (Phi) is 7.14. The lowest BCUT2D eigenvalue weighted by Gasteiger charge is -2.14. The summed E-state index contributed by atoms with van der Waals surface area (Å²) in [5.41, 5.74) is 3.42. The molecule has 1 amide bonds. The van der Waals surface area contributed by atoms with Gasteiger partial charge in [0.05, 0.1) is 11.3 Å². The van der Waals surface area contributed by atoms with Crippen LogP contribution in [0.3, 0.4) is 0 Å². The van der Waals surface area contributed by atoms with E-state index in [1.54, 1.807) is 11.0 Å². The molecule has 0 saturated carbocycles. The van der Waals surface area contributed by atoms with E-state index in [2.05, 4.69) is 17.1 Å². The molecule has 0 unspecified atom stereocenters. The third kappa shape index (κ3) is 5.51. The van der Waals surface area contributed by atoms with Gasteiger partial charge >= 0.3 is 5.97 Å².